The van der Waals surface area contributed by atoms with Crippen LogP contribution in [-0.2, 0) is 14.8 Å². The lowest BCUT2D eigenvalue weighted by Crippen LogP contribution is -2.54. The second kappa shape index (κ2) is 13.7. The molecule has 0 bridgehead atoms. The third kappa shape index (κ3) is 8.49. The Kier molecular flexibility index (Phi) is 11.5. The summed E-state index contributed by atoms with van der Waals surface area (Å²) in [6.45, 7) is 12.9. The van der Waals surface area contributed by atoms with E-state index >= 15 is 0 Å². The van der Waals surface area contributed by atoms with Crippen molar-refractivity contribution < 1.29 is 28.2 Å². The molecule has 0 saturated carbocycles. The number of nitrogens with one attached hydrogen (secondary N) is 2. The van der Waals surface area contributed by atoms with Crippen LogP contribution in [0, 0.1) is 23.7 Å². The van der Waals surface area contributed by atoms with Crippen molar-refractivity contribution in [1.82, 2.24) is 14.9 Å². The van der Waals surface area contributed by atoms with Crippen molar-refractivity contribution in [3.63, 3.8) is 0 Å². The van der Waals surface area contributed by atoms with Gasteiger partial charge in [0.15, 0.2) is 0 Å². The van der Waals surface area contributed by atoms with E-state index in [1.54, 1.807) is 0 Å². The van der Waals surface area contributed by atoms with E-state index in [-0.39, 0.29) is 34.1 Å². The zero-order chi connectivity index (χ0) is 27.9. The van der Waals surface area contributed by atoms with E-state index < -0.39 is 40.1 Å². The van der Waals surface area contributed by atoms with E-state index in [0.29, 0.717) is 26.1 Å². The molecule has 1 aliphatic rings. The van der Waals surface area contributed by atoms with Gasteiger partial charge in [-0.2, -0.15) is 4.31 Å². The van der Waals surface area contributed by atoms with Gasteiger partial charge in [-0.3, -0.25) is 9.59 Å². The van der Waals surface area contributed by atoms with Crippen molar-refractivity contribution in [3.8, 4) is 0 Å². The Hall–Kier alpha value is -2.01. The molecule has 0 radical (unpaired) electrons. The number of aliphatic hydroxyl groups excluding tert-OH is 2. The molecule has 2 amide bonds. The monoisotopic (exact) mass is 539 g/mol. The fraction of sp³-hybridized carbons (Fsp3) is 0.704. The largest absolute Gasteiger partial charge is 0.390 e. The van der Waals surface area contributed by atoms with Crippen molar-refractivity contribution >= 4 is 21.8 Å². The Balaban J connectivity index is 2.18. The molecule has 1 saturated heterocycles. The number of carbonyl (C=O) groups excluding carboxylic acids is 2. The smallest absolute Gasteiger partial charge is 0.251 e. The summed E-state index contributed by atoms with van der Waals surface area (Å²) in [5.41, 5.74) is 0.242. The molecule has 2 rings (SSSR count). The molecule has 1 aromatic carbocycles. The molecule has 4 unspecified atom stereocenters. The van der Waals surface area contributed by atoms with E-state index in [1.807, 2.05) is 41.5 Å². The first-order chi connectivity index (χ1) is 17.2. The second-order valence-corrected chi connectivity index (χ2v) is 13.2. The van der Waals surface area contributed by atoms with Crippen LogP contribution >= 0.6 is 0 Å². The maximum absolute atomic E-state index is 13.1. The second-order valence-electron chi connectivity index (χ2n) is 11.2. The molecule has 1 fully saturated rings. The van der Waals surface area contributed by atoms with Crippen LogP contribution in [-0.4, -0.2) is 72.6 Å². The predicted molar refractivity (Wildman–Crippen MR) is 143 cm³/mol. The van der Waals surface area contributed by atoms with Gasteiger partial charge in [0, 0.05) is 25.2 Å². The summed E-state index contributed by atoms with van der Waals surface area (Å²) < 4.78 is 27.0. The summed E-state index contributed by atoms with van der Waals surface area (Å²) in [4.78, 5) is 26.0. The summed E-state index contributed by atoms with van der Waals surface area (Å²) in [5, 5.41) is 27.8. The summed E-state index contributed by atoms with van der Waals surface area (Å²) in [6, 6.07) is 4.92. The number of carbonyl (C=O) groups is 2. The van der Waals surface area contributed by atoms with Gasteiger partial charge in [0.1, 0.15) is 6.10 Å². The molecular weight excluding hydrogens is 494 g/mol. The Labute approximate surface area is 222 Å². The maximum atomic E-state index is 13.1. The molecule has 0 aromatic heterocycles. The van der Waals surface area contributed by atoms with Gasteiger partial charge < -0.3 is 20.8 Å². The van der Waals surface area contributed by atoms with Crippen LogP contribution in [0.2, 0.25) is 0 Å². The fourth-order valence-electron chi connectivity index (χ4n) is 4.62. The Morgan fingerprint density at radius 2 is 1.49 bits per heavy atom. The van der Waals surface area contributed by atoms with Crippen LogP contribution in [0.5, 0.6) is 0 Å². The van der Waals surface area contributed by atoms with Crippen LogP contribution < -0.4 is 10.6 Å². The molecule has 10 heteroatoms. The molecule has 210 valence electrons. The first-order valence-electron chi connectivity index (χ1n) is 13.3. The van der Waals surface area contributed by atoms with Gasteiger partial charge in [0.2, 0.25) is 15.9 Å². The number of hydrogen-bond acceptors (Lipinski definition) is 6. The van der Waals surface area contributed by atoms with Crippen molar-refractivity contribution in [2.45, 2.75) is 84.0 Å². The molecule has 4 N–H and O–H groups in total. The minimum Gasteiger partial charge on any atom is -0.390 e. The van der Waals surface area contributed by atoms with Crippen LogP contribution in [0.3, 0.4) is 0 Å². The van der Waals surface area contributed by atoms with E-state index in [4.69, 9.17) is 0 Å². The minimum absolute atomic E-state index is 0.0902. The summed E-state index contributed by atoms with van der Waals surface area (Å²) in [5.74, 6) is -1.59. The molecule has 1 aromatic rings. The third-order valence-corrected chi connectivity index (χ3v) is 8.61. The van der Waals surface area contributed by atoms with E-state index in [1.165, 1.54) is 28.6 Å². The van der Waals surface area contributed by atoms with E-state index in [0.717, 1.165) is 12.8 Å². The fourth-order valence-corrected chi connectivity index (χ4v) is 6.14. The van der Waals surface area contributed by atoms with Gasteiger partial charge in [-0.1, -0.05) is 41.5 Å². The molecule has 1 aliphatic heterocycles. The number of aliphatic hydroxyl groups is 2. The molecular formula is C27H45N3O6S. The zero-order valence-corrected chi connectivity index (χ0v) is 23.8. The van der Waals surface area contributed by atoms with Gasteiger partial charge >= 0.3 is 0 Å². The van der Waals surface area contributed by atoms with Gasteiger partial charge in [-0.05, 0) is 61.3 Å². The molecule has 9 nitrogen and oxygen atoms in total. The lowest BCUT2D eigenvalue weighted by Gasteiger charge is -2.34. The van der Waals surface area contributed by atoms with Crippen molar-refractivity contribution in [1.29, 1.82) is 0 Å². The Morgan fingerprint density at radius 1 is 0.919 bits per heavy atom. The van der Waals surface area contributed by atoms with Crippen LogP contribution in [0.4, 0.5) is 0 Å². The van der Waals surface area contributed by atoms with Gasteiger partial charge in [0.25, 0.3) is 5.91 Å². The molecule has 1 heterocycles. The topological polar surface area (TPSA) is 136 Å². The number of nitrogens with zero attached hydrogens (tertiary/aromatic N) is 1. The average molecular weight is 540 g/mol. The van der Waals surface area contributed by atoms with E-state index in [2.05, 4.69) is 10.6 Å². The van der Waals surface area contributed by atoms with Crippen molar-refractivity contribution in [3.05, 3.63) is 29.8 Å². The number of hydrogen-bond donors (Lipinski definition) is 4. The highest BCUT2D eigenvalue weighted by atomic mass is 32.2. The minimum atomic E-state index is -3.59. The number of rotatable bonds is 13. The highest BCUT2D eigenvalue weighted by molar-refractivity contribution is 7.89. The number of amides is 2. The predicted octanol–water partition coefficient (Wildman–Crippen LogP) is 2.38. The van der Waals surface area contributed by atoms with Gasteiger partial charge in [0.05, 0.1) is 23.0 Å². The lowest BCUT2D eigenvalue weighted by molar-refractivity contribution is -0.136. The quantitative estimate of drug-likeness (QED) is 0.304. The molecule has 0 aliphatic carbocycles. The number of benzene rings is 1. The highest BCUT2D eigenvalue weighted by Gasteiger charge is 2.38. The molecule has 37 heavy (non-hydrogen) atoms. The van der Waals surface area contributed by atoms with Crippen LogP contribution in [0.15, 0.2) is 29.2 Å². The normalized spacial score (nSPS) is 18.1. The van der Waals surface area contributed by atoms with Gasteiger partial charge in [-0.25, -0.2) is 8.42 Å². The van der Waals surface area contributed by atoms with Crippen LogP contribution in [0.25, 0.3) is 0 Å². The standard InChI is InChI=1S/C27H45N3O6S/c1-17(2)15-22(24(31)25(32)23(19(5)6)27(34)28-16-18(3)4)29-26(33)20-9-11-21(12-10-20)37(35,36)30-13-7-8-14-30/h9-12,17-19,22-25,31-32H,7-8,13-16H2,1-6H3,(H,28,34)(H,29,33). The van der Waals surface area contributed by atoms with Crippen molar-refractivity contribution in [2.24, 2.45) is 23.7 Å². The third-order valence-electron chi connectivity index (χ3n) is 6.70. The SMILES string of the molecule is CC(C)CNC(=O)C(C(C)C)C(O)C(O)C(CC(C)C)NC(=O)c1ccc(S(=O)(=O)N2CCCC2)cc1. The first kappa shape index (κ1) is 31.2. The first-order valence-corrected chi connectivity index (χ1v) is 14.7. The highest BCUT2D eigenvalue weighted by Crippen LogP contribution is 2.24. The zero-order valence-electron chi connectivity index (χ0n) is 23.0. The average Bonchev–Trinajstić information content (AvgIpc) is 3.37. The summed E-state index contributed by atoms with van der Waals surface area (Å²) in [7, 11) is -3.59. The van der Waals surface area contributed by atoms with Crippen LogP contribution in [0.1, 0.15) is 71.2 Å². The Morgan fingerprint density at radius 3 is 1.97 bits per heavy atom. The Bertz CT molecular complexity index is 988. The van der Waals surface area contributed by atoms with Crippen molar-refractivity contribution in [2.75, 3.05) is 19.6 Å². The summed E-state index contributed by atoms with van der Waals surface area (Å²) >= 11 is 0. The number of sulfonamides is 1. The molecule has 0 spiro atoms. The summed E-state index contributed by atoms with van der Waals surface area (Å²) in [6.07, 6.45) is -0.712. The molecule has 4 atom stereocenters. The maximum Gasteiger partial charge on any atom is 0.251 e. The lowest BCUT2D eigenvalue weighted by atomic mass is 9.83. The van der Waals surface area contributed by atoms with E-state index in [9.17, 15) is 28.2 Å². The van der Waals surface area contributed by atoms with Gasteiger partial charge in [-0.15, -0.1) is 0 Å².